The molecule has 1 N–H and O–H groups in total. The Kier molecular flexibility index (Phi) is 10.3. The predicted octanol–water partition coefficient (Wildman–Crippen LogP) is 6.78. The highest BCUT2D eigenvalue weighted by molar-refractivity contribution is 5.87. The molecule has 4 aromatic carbocycles. The third kappa shape index (κ3) is 5.83. The number of methoxy groups -OCH3 is 8. The van der Waals surface area contributed by atoms with Crippen LogP contribution >= 0.6 is 0 Å². The van der Waals surface area contributed by atoms with E-state index in [1.165, 1.54) is 12.7 Å². The minimum Gasteiger partial charge on any atom is -0.504 e. The summed E-state index contributed by atoms with van der Waals surface area (Å²) in [6.45, 7) is 1.62. The van der Waals surface area contributed by atoms with E-state index in [9.17, 15) is 5.11 Å². The molecule has 0 amide bonds. The van der Waals surface area contributed by atoms with Crippen molar-refractivity contribution in [3.8, 4) is 74.4 Å². The Morgan fingerprint density at radius 2 is 1.26 bits per heavy atom. The van der Waals surface area contributed by atoms with Crippen LogP contribution in [0.4, 0.5) is 0 Å². The zero-order valence-electron chi connectivity index (χ0n) is 32.8. The molecule has 0 spiro atoms. The average Bonchev–Trinajstić information content (AvgIpc) is 3.19. The predicted molar refractivity (Wildman–Crippen MR) is 204 cm³/mol. The monoisotopic (exact) mass is 742 g/mol. The first-order valence-corrected chi connectivity index (χ1v) is 18.0. The molecule has 288 valence electrons. The molecule has 0 saturated heterocycles. The summed E-state index contributed by atoms with van der Waals surface area (Å²) >= 11 is 0. The van der Waals surface area contributed by atoms with Crippen LogP contribution < -0.4 is 42.6 Å². The van der Waals surface area contributed by atoms with Gasteiger partial charge in [-0.3, -0.25) is 9.80 Å². The maximum atomic E-state index is 11.2. The number of phenols is 1. The van der Waals surface area contributed by atoms with Crippen LogP contribution in [-0.2, 0) is 25.7 Å². The number of hydrogen-bond acceptors (Lipinski definition) is 12. The number of ether oxygens (including phenoxy) is 9. The van der Waals surface area contributed by atoms with Gasteiger partial charge in [0.25, 0.3) is 0 Å². The Hall–Kier alpha value is -5.20. The largest absolute Gasteiger partial charge is 0.504 e. The van der Waals surface area contributed by atoms with E-state index in [-0.39, 0.29) is 17.8 Å². The number of nitrogens with zero attached hydrogens (tertiary/aromatic N) is 2. The smallest absolute Gasteiger partial charge is 0.211 e. The second-order valence-corrected chi connectivity index (χ2v) is 13.8. The van der Waals surface area contributed by atoms with Crippen LogP contribution in [0.1, 0.15) is 45.5 Å². The van der Waals surface area contributed by atoms with E-state index in [1.807, 2.05) is 24.3 Å². The number of hydrogen-bond donors (Lipinski definition) is 1. The molecule has 7 rings (SSSR count). The fourth-order valence-electron chi connectivity index (χ4n) is 8.69. The molecule has 12 heteroatoms. The lowest BCUT2D eigenvalue weighted by Gasteiger charge is -2.41. The van der Waals surface area contributed by atoms with Crippen molar-refractivity contribution < 1.29 is 47.7 Å². The van der Waals surface area contributed by atoms with Gasteiger partial charge in [-0.2, -0.15) is 0 Å². The van der Waals surface area contributed by atoms with Crippen LogP contribution in [0.5, 0.6) is 63.2 Å². The normalized spacial score (nSPS) is 17.4. The first kappa shape index (κ1) is 37.1. The van der Waals surface area contributed by atoms with Crippen molar-refractivity contribution in [2.24, 2.45) is 0 Å². The Morgan fingerprint density at radius 1 is 0.611 bits per heavy atom. The Balaban J connectivity index is 1.33. The topological polar surface area (TPSA) is 110 Å². The number of fused-ring (bicyclic) bond motifs is 3. The van der Waals surface area contributed by atoms with E-state index in [2.05, 4.69) is 30.0 Å². The van der Waals surface area contributed by atoms with Gasteiger partial charge in [0.15, 0.2) is 46.0 Å². The van der Waals surface area contributed by atoms with Crippen molar-refractivity contribution in [2.45, 2.75) is 37.8 Å². The van der Waals surface area contributed by atoms with Gasteiger partial charge in [0.1, 0.15) is 0 Å². The molecule has 0 aromatic heterocycles. The summed E-state index contributed by atoms with van der Waals surface area (Å²) in [6, 6.07) is 9.92. The SMILES string of the molecule is COc1cc2c(cc1Oc1c(OC)ccc(C[C@@H]3c4cc(OC)c(OC)c(O)c4CCN3C)c1OC)C[C@H]1c3c(c(OC)c(OC)c(OC)c3-2)CCN1C. The van der Waals surface area contributed by atoms with Crippen molar-refractivity contribution in [1.29, 1.82) is 0 Å². The second-order valence-electron chi connectivity index (χ2n) is 13.8. The fraction of sp³-hybridized carbons (Fsp3) is 0.429. The molecule has 0 saturated carbocycles. The van der Waals surface area contributed by atoms with Crippen LogP contribution in [0.15, 0.2) is 30.3 Å². The second kappa shape index (κ2) is 14.9. The molecule has 1 aliphatic carbocycles. The number of aromatic hydroxyl groups is 1. The van der Waals surface area contributed by atoms with Crippen LogP contribution in [0.3, 0.4) is 0 Å². The average molecular weight is 743 g/mol. The summed E-state index contributed by atoms with van der Waals surface area (Å²) in [5.41, 5.74) is 8.09. The van der Waals surface area contributed by atoms with E-state index < -0.39 is 0 Å². The molecule has 2 atom stereocenters. The minimum atomic E-state index is -0.101. The van der Waals surface area contributed by atoms with E-state index in [0.29, 0.717) is 64.6 Å². The lowest BCUT2D eigenvalue weighted by molar-refractivity contribution is 0.222. The maximum absolute atomic E-state index is 11.2. The summed E-state index contributed by atoms with van der Waals surface area (Å²) in [4.78, 5) is 4.65. The molecule has 0 fully saturated rings. The molecular formula is C42H50N2O10. The highest BCUT2D eigenvalue weighted by Crippen LogP contribution is 2.58. The van der Waals surface area contributed by atoms with Crippen molar-refractivity contribution >= 4 is 0 Å². The summed E-state index contributed by atoms with van der Waals surface area (Å²) in [6.07, 6.45) is 2.80. The zero-order chi connectivity index (χ0) is 38.4. The molecule has 0 bridgehead atoms. The number of phenolic OH excluding ortho intramolecular Hbond substituents is 1. The third-order valence-corrected chi connectivity index (χ3v) is 11.4. The van der Waals surface area contributed by atoms with Gasteiger partial charge in [-0.05, 0) is 86.3 Å². The summed E-state index contributed by atoms with van der Waals surface area (Å²) in [5, 5.41) is 11.2. The minimum absolute atomic E-state index is 0.0898. The van der Waals surface area contributed by atoms with Crippen LogP contribution in [0.25, 0.3) is 11.1 Å². The molecule has 2 aliphatic heterocycles. The quantitative estimate of drug-likeness (QED) is 0.165. The van der Waals surface area contributed by atoms with Gasteiger partial charge in [0.05, 0.1) is 56.9 Å². The molecule has 3 aliphatic rings. The fourth-order valence-corrected chi connectivity index (χ4v) is 8.69. The molecule has 0 radical (unpaired) electrons. The molecule has 12 nitrogen and oxygen atoms in total. The van der Waals surface area contributed by atoms with Crippen LogP contribution in [-0.4, -0.2) is 99.0 Å². The van der Waals surface area contributed by atoms with Crippen molar-refractivity contribution in [3.05, 3.63) is 63.7 Å². The molecule has 0 unspecified atom stereocenters. The first-order chi connectivity index (χ1) is 26.2. The van der Waals surface area contributed by atoms with Crippen LogP contribution in [0.2, 0.25) is 0 Å². The van der Waals surface area contributed by atoms with E-state index in [4.69, 9.17) is 42.6 Å². The Labute approximate surface area is 316 Å². The van der Waals surface area contributed by atoms with Crippen molar-refractivity contribution in [3.63, 3.8) is 0 Å². The van der Waals surface area contributed by atoms with Gasteiger partial charge in [-0.25, -0.2) is 0 Å². The van der Waals surface area contributed by atoms with Crippen molar-refractivity contribution in [2.75, 3.05) is 84.1 Å². The highest BCUT2D eigenvalue weighted by Gasteiger charge is 2.40. The first-order valence-electron chi connectivity index (χ1n) is 18.0. The van der Waals surface area contributed by atoms with E-state index >= 15 is 0 Å². The van der Waals surface area contributed by atoms with Crippen molar-refractivity contribution in [1.82, 2.24) is 9.80 Å². The zero-order valence-corrected chi connectivity index (χ0v) is 32.8. The number of benzene rings is 4. The highest BCUT2D eigenvalue weighted by atomic mass is 16.6. The summed E-state index contributed by atoms with van der Waals surface area (Å²) in [7, 11) is 17.2. The number of rotatable bonds is 12. The number of likely N-dealkylation sites (N-methyl/N-ethyl adjacent to an activating group) is 2. The van der Waals surface area contributed by atoms with Gasteiger partial charge < -0.3 is 47.7 Å². The maximum Gasteiger partial charge on any atom is 0.211 e. The van der Waals surface area contributed by atoms with Gasteiger partial charge >= 0.3 is 0 Å². The molecular weight excluding hydrogens is 692 g/mol. The summed E-state index contributed by atoms with van der Waals surface area (Å²) in [5.74, 6) is 5.40. The van der Waals surface area contributed by atoms with Gasteiger partial charge in [-0.1, -0.05) is 6.07 Å². The molecule has 4 aromatic rings. The lowest BCUT2D eigenvalue weighted by Crippen LogP contribution is -2.36. The lowest BCUT2D eigenvalue weighted by atomic mass is 9.76. The van der Waals surface area contributed by atoms with Gasteiger partial charge in [0.2, 0.25) is 17.2 Å². The standard InChI is InChI=1S/C42H50N2O10/c1-43-15-13-24-27(21-33(48-5)39(51-8)36(24)45)28(43)17-22-11-12-30(46-3)40(37(22)49-6)54-32-19-23-18-29-34-25(14-16-44(29)2)38(50-7)42(53-10)41(52-9)35(34)26(23)20-31(32)47-4/h11-12,19-21,28-29,45H,13-18H2,1-10H3/t28-,29+/m1/s1. The van der Waals surface area contributed by atoms with E-state index in [0.717, 1.165) is 70.6 Å². The van der Waals surface area contributed by atoms with Crippen LogP contribution in [0, 0.1) is 0 Å². The Morgan fingerprint density at radius 3 is 1.91 bits per heavy atom. The third-order valence-electron chi connectivity index (χ3n) is 11.4. The molecule has 2 heterocycles. The van der Waals surface area contributed by atoms with E-state index in [1.54, 1.807) is 49.8 Å². The molecule has 54 heavy (non-hydrogen) atoms. The summed E-state index contributed by atoms with van der Waals surface area (Å²) < 4.78 is 53.9. The van der Waals surface area contributed by atoms with Gasteiger partial charge in [-0.15, -0.1) is 0 Å². The van der Waals surface area contributed by atoms with Gasteiger partial charge in [0, 0.05) is 47.4 Å². The Bertz CT molecular complexity index is 2080.